The zero-order valence-corrected chi connectivity index (χ0v) is 14.3. The number of aryl methyl sites for hydroxylation is 3. The van der Waals surface area contributed by atoms with Gasteiger partial charge in [0.05, 0.1) is 0 Å². The maximum Gasteiger partial charge on any atom is -0.0152 e. The first-order valence-corrected chi connectivity index (χ1v) is 8.50. The average molecular weight is 300 g/mol. The van der Waals surface area contributed by atoms with Gasteiger partial charge < -0.3 is 0 Å². The van der Waals surface area contributed by atoms with Crippen LogP contribution < -0.4 is 0 Å². The molecule has 0 heterocycles. The molecule has 3 aromatic rings. The highest BCUT2D eigenvalue weighted by molar-refractivity contribution is 5.74. The molecule has 0 radical (unpaired) electrons. The van der Waals surface area contributed by atoms with Crippen LogP contribution in [0.3, 0.4) is 0 Å². The molecule has 0 amide bonds. The second-order valence-corrected chi connectivity index (χ2v) is 6.14. The standard InChI is InChI=1S/C23H24/c1-4-18-8-12-20(13-9-18)22-14-15-23(19(5-2)16-22)21-10-6-17(3)7-11-21/h6-16H,4-5H2,1-3H3. The van der Waals surface area contributed by atoms with Gasteiger partial charge in [0.2, 0.25) is 0 Å². The smallest absolute Gasteiger partial charge is 0.0152 e. The summed E-state index contributed by atoms with van der Waals surface area (Å²) < 4.78 is 0. The zero-order valence-electron chi connectivity index (χ0n) is 14.3. The molecule has 0 fully saturated rings. The van der Waals surface area contributed by atoms with Crippen LogP contribution in [0.1, 0.15) is 30.5 Å². The van der Waals surface area contributed by atoms with Gasteiger partial charge in [0.15, 0.2) is 0 Å². The summed E-state index contributed by atoms with van der Waals surface area (Å²) in [5.41, 5.74) is 9.36. The van der Waals surface area contributed by atoms with E-state index in [1.807, 2.05) is 0 Å². The minimum Gasteiger partial charge on any atom is -0.0613 e. The summed E-state index contributed by atoms with van der Waals surface area (Å²) >= 11 is 0. The van der Waals surface area contributed by atoms with Gasteiger partial charge in [0.1, 0.15) is 0 Å². The largest absolute Gasteiger partial charge is 0.0613 e. The summed E-state index contributed by atoms with van der Waals surface area (Å²) in [5, 5.41) is 0. The highest BCUT2D eigenvalue weighted by Crippen LogP contribution is 2.29. The van der Waals surface area contributed by atoms with Gasteiger partial charge >= 0.3 is 0 Å². The lowest BCUT2D eigenvalue weighted by atomic mass is 9.93. The molecule has 0 saturated heterocycles. The van der Waals surface area contributed by atoms with Crippen molar-refractivity contribution in [2.24, 2.45) is 0 Å². The highest BCUT2D eigenvalue weighted by atomic mass is 14.1. The van der Waals surface area contributed by atoms with Crippen LogP contribution in [-0.4, -0.2) is 0 Å². The molecule has 3 rings (SSSR count). The number of benzene rings is 3. The summed E-state index contributed by atoms with van der Waals surface area (Å²) in [6.07, 6.45) is 2.14. The van der Waals surface area contributed by atoms with Crippen LogP contribution in [0, 0.1) is 6.92 Å². The van der Waals surface area contributed by atoms with Crippen LogP contribution in [0.5, 0.6) is 0 Å². The Morgan fingerprint density at radius 2 is 1.22 bits per heavy atom. The molecule has 0 nitrogen and oxygen atoms in total. The number of hydrogen-bond acceptors (Lipinski definition) is 0. The molecule has 0 saturated carbocycles. The fourth-order valence-electron chi connectivity index (χ4n) is 3.01. The minimum absolute atomic E-state index is 1.05. The second-order valence-electron chi connectivity index (χ2n) is 6.14. The van der Waals surface area contributed by atoms with Crippen molar-refractivity contribution in [2.45, 2.75) is 33.6 Å². The van der Waals surface area contributed by atoms with Gasteiger partial charge in [-0.2, -0.15) is 0 Å². The second kappa shape index (κ2) is 6.83. The maximum absolute atomic E-state index is 2.34. The summed E-state index contributed by atoms with van der Waals surface area (Å²) in [6, 6.07) is 24.6. The molecular formula is C23H24. The third kappa shape index (κ3) is 3.37. The molecule has 3 aromatic carbocycles. The first-order chi connectivity index (χ1) is 11.2. The lowest BCUT2D eigenvalue weighted by Crippen LogP contribution is -1.90. The molecule has 0 aliphatic heterocycles. The van der Waals surface area contributed by atoms with Crippen LogP contribution in [-0.2, 0) is 12.8 Å². The zero-order chi connectivity index (χ0) is 16.2. The maximum atomic E-state index is 2.34. The molecule has 0 atom stereocenters. The quantitative estimate of drug-likeness (QED) is 0.519. The van der Waals surface area contributed by atoms with E-state index in [1.54, 1.807) is 0 Å². The number of hydrogen-bond donors (Lipinski definition) is 0. The molecule has 0 unspecified atom stereocenters. The van der Waals surface area contributed by atoms with Crippen molar-refractivity contribution < 1.29 is 0 Å². The Balaban J connectivity index is 2.00. The molecule has 116 valence electrons. The molecule has 0 aliphatic carbocycles. The minimum atomic E-state index is 1.05. The molecule has 23 heavy (non-hydrogen) atoms. The van der Waals surface area contributed by atoms with E-state index in [0.717, 1.165) is 12.8 Å². The summed E-state index contributed by atoms with van der Waals surface area (Å²) in [5.74, 6) is 0. The molecule has 0 aliphatic rings. The Bertz CT molecular complexity index is 777. The van der Waals surface area contributed by atoms with Crippen LogP contribution in [0.2, 0.25) is 0 Å². The third-order valence-corrected chi connectivity index (χ3v) is 4.54. The molecule has 0 spiro atoms. The van der Waals surface area contributed by atoms with Crippen molar-refractivity contribution in [2.75, 3.05) is 0 Å². The fraction of sp³-hybridized carbons (Fsp3) is 0.217. The Morgan fingerprint density at radius 3 is 1.83 bits per heavy atom. The lowest BCUT2D eigenvalue weighted by molar-refractivity contribution is 1.14. The fourth-order valence-corrected chi connectivity index (χ4v) is 3.01. The normalized spacial score (nSPS) is 10.7. The Morgan fingerprint density at radius 1 is 0.609 bits per heavy atom. The average Bonchev–Trinajstić information content (AvgIpc) is 2.62. The van der Waals surface area contributed by atoms with E-state index < -0.39 is 0 Å². The monoisotopic (exact) mass is 300 g/mol. The van der Waals surface area contributed by atoms with Crippen LogP contribution in [0.4, 0.5) is 0 Å². The molecule has 0 bridgehead atoms. The summed E-state index contributed by atoms with van der Waals surface area (Å²) in [7, 11) is 0. The van der Waals surface area contributed by atoms with Gasteiger partial charge in [-0.3, -0.25) is 0 Å². The third-order valence-electron chi connectivity index (χ3n) is 4.54. The SMILES string of the molecule is CCc1ccc(-c2ccc(-c3ccc(C)cc3)c(CC)c2)cc1. The molecule has 0 aromatic heterocycles. The van der Waals surface area contributed by atoms with Gasteiger partial charge in [0.25, 0.3) is 0 Å². The van der Waals surface area contributed by atoms with E-state index in [2.05, 4.69) is 87.5 Å². The molecule has 0 N–H and O–H groups in total. The van der Waals surface area contributed by atoms with Crippen LogP contribution >= 0.6 is 0 Å². The van der Waals surface area contributed by atoms with E-state index in [1.165, 1.54) is 38.9 Å². The topological polar surface area (TPSA) is 0 Å². The van der Waals surface area contributed by atoms with Crippen LogP contribution in [0.25, 0.3) is 22.3 Å². The highest BCUT2D eigenvalue weighted by Gasteiger charge is 2.06. The predicted molar refractivity (Wildman–Crippen MR) is 101 cm³/mol. The van der Waals surface area contributed by atoms with Gasteiger partial charge in [-0.15, -0.1) is 0 Å². The van der Waals surface area contributed by atoms with Crippen LogP contribution in [0.15, 0.2) is 66.7 Å². The Hall–Kier alpha value is -2.34. The van der Waals surface area contributed by atoms with Crippen molar-refractivity contribution in [3.05, 3.63) is 83.4 Å². The van der Waals surface area contributed by atoms with Gasteiger partial charge in [-0.1, -0.05) is 86.1 Å². The van der Waals surface area contributed by atoms with E-state index in [0.29, 0.717) is 0 Å². The predicted octanol–water partition coefficient (Wildman–Crippen LogP) is 6.45. The summed E-state index contributed by atoms with van der Waals surface area (Å²) in [6.45, 7) is 6.56. The van der Waals surface area contributed by atoms with Crippen molar-refractivity contribution in [3.8, 4) is 22.3 Å². The van der Waals surface area contributed by atoms with E-state index in [4.69, 9.17) is 0 Å². The van der Waals surface area contributed by atoms with E-state index >= 15 is 0 Å². The van der Waals surface area contributed by atoms with Crippen molar-refractivity contribution in [3.63, 3.8) is 0 Å². The number of rotatable bonds is 4. The van der Waals surface area contributed by atoms with Gasteiger partial charge in [0, 0.05) is 0 Å². The Kier molecular flexibility index (Phi) is 4.62. The van der Waals surface area contributed by atoms with Gasteiger partial charge in [-0.05, 0) is 53.1 Å². The lowest BCUT2D eigenvalue weighted by Gasteiger charge is -2.12. The van der Waals surface area contributed by atoms with Crippen molar-refractivity contribution >= 4 is 0 Å². The Labute approximate surface area is 139 Å². The van der Waals surface area contributed by atoms with Crippen molar-refractivity contribution in [1.82, 2.24) is 0 Å². The molecular weight excluding hydrogens is 276 g/mol. The first kappa shape index (κ1) is 15.6. The first-order valence-electron chi connectivity index (χ1n) is 8.50. The molecule has 0 heteroatoms. The van der Waals surface area contributed by atoms with Gasteiger partial charge in [-0.25, -0.2) is 0 Å². The summed E-state index contributed by atoms with van der Waals surface area (Å²) in [4.78, 5) is 0. The van der Waals surface area contributed by atoms with E-state index in [9.17, 15) is 0 Å². The van der Waals surface area contributed by atoms with Crippen molar-refractivity contribution in [1.29, 1.82) is 0 Å². The van der Waals surface area contributed by atoms with E-state index in [-0.39, 0.29) is 0 Å².